The Labute approximate surface area is 198 Å². The molecule has 178 valence electrons. The summed E-state index contributed by atoms with van der Waals surface area (Å²) in [6.45, 7) is 8.52. The molecule has 0 aromatic heterocycles. The van der Waals surface area contributed by atoms with E-state index in [9.17, 15) is 4.79 Å². The molecule has 2 aliphatic rings. The number of amides is 2. The molecule has 2 aromatic rings. The van der Waals surface area contributed by atoms with Gasteiger partial charge in [-0.15, -0.1) is 0 Å². The van der Waals surface area contributed by atoms with Crippen LogP contribution in [0, 0.1) is 5.92 Å². The van der Waals surface area contributed by atoms with Crippen LogP contribution in [-0.4, -0.2) is 80.2 Å². The van der Waals surface area contributed by atoms with E-state index in [0.29, 0.717) is 5.92 Å². The first kappa shape index (κ1) is 23.6. The molecule has 1 atom stereocenters. The molecule has 1 unspecified atom stereocenters. The second-order valence-electron chi connectivity index (χ2n) is 9.34. The highest BCUT2D eigenvalue weighted by atomic mass is 16.5. The van der Waals surface area contributed by atoms with Crippen LogP contribution in [-0.2, 0) is 13.0 Å². The molecule has 0 spiro atoms. The zero-order chi connectivity index (χ0) is 22.9. The van der Waals surface area contributed by atoms with Crippen molar-refractivity contribution in [3.05, 3.63) is 65.7 Å². The second kappa shape index (κ2) is 12.1. The standard InChI is InChI=1S/C27H38N4O2/c1-33-26-11-9-23(10-12-26)13-15-29-16-18-31(19-17-29)27(32)28-20-25-8-5-14-30(22-25)21-24-6-3-2-4-7-24/h2-4,6-7,9-12,25H,5,8,13-22H2,1H3,(H,28,32). The molecule has 2 aromatic carbocycles. The van der Waals surface area contributed by atoms with Crippen LogP contribution >= 0.6 is 0 Å². The topological polar surface area (TPSA) is 48.1 Å². The Kier molecular flexibility index (Phi) is 8.61. The van der Waals surface area contributed by atoms with Crippen LogP contribution in [0.15, 0.2) is 54.6 Å². The number of carbonyl (C=O) groups is 1. The molecule has 4 rings (SSSR count). The van der Waals surface area contributed by atoms with E-state index < -0.39 is 0 Å². The van der Waals surface area contributed by atoms with Gasteiger partial charge in [0.25, 0.3) is 0 Å². The van der Waals surface area contributed by atoms with Crippen molar-refractivity contribution in [1.82, 2.24) is 20.0 Å². The van der Waals surface area contributed by atoms with Crippen molar-refractivity contribution in [3.63, 3.8) is 0 Å². The number of benzene rings is 2. The van der Waals surface area contributed by atoms with Gasteiger partial charge < -0.3 is 15.0 Å². The van der Waals surface area contributed by atoms with Crippen LogP contribution in [0.1, 0.15) is 24.0 Å². The van der Waals surface area contributed by atoms with Gasteiger partial charge in [-0.05, 0) is 55.0 Å². The Hall–Kier alpha value is -2.57. The molecule has 2 saturated heterocycles. The van der Waals surface area contributed by atoms with Crippen LogP contribution in [0.25, 0.3) is 0 Å². The Bertz CT molecular complexity index is 850. The maximum atomic E-state index is 12.7. The van der Waals surface area contributed by atoms with Gasteiger partial charge >= 0.3 is 6.03 Å². The predicted octanol–water partition coefficient (Wildman–Crippen LogP) is 3.48. The highest BCUT2D eigenvalue weighted by molar-refractivity contribution is 5.74. The Morgan fingerprint density at radius 1 is 0.939 bits per heavy atom. The summed E-state index contributed by atoms with van der Waals surface area (Å²) < 4.78 is 5.23. The molecule has 2 aliphatic heterocycles. The molecule has 2 amide bonds. The molecule has 1 N–H and O–H groups in total. The first-order valence-electron chi connectivity index (χ1n) is 12.3. The van der Waals surface area contributed by atoms with E-state index in [1.165, 1.54) is 24.0 Å². The minimum Gasteiger partial charge on any atom is -0.497 e. The fourth-order valence-electron chi connectivity index (χ4n) is 4.90. The third kappa shape index (κ3) is 7.21. The lowest BCUT2D eigenvalue weighted by atomic mass is 9.97. The van der Waals surface area contributed by atoms with Crippen LogP contribution in [0.5, 0.6) is 5.75 Å². The van der Waals surface area contributed by atoms with Gasteiger partial charge in [-0.2, -0.15) is 0 Å². The van der Waals surface area contributed by atoms with Crippen molar-refractivity contribution in [2.45, 2.75) is 25.8 Å². The SMILES string of the molecule is COc1ccc(CCN2CCN(C(=O)NCC3CCCN(Cc4ccccc4)C3)CC2)cc1. The molecule has 6 nitrogen and oxygen atoms in total. The number of nitrogens with one attached hydrogen (secondary N) is 1. The van der Waals surface area contributed by atoms with E-state index in [-0.39, 0.29) is 6.03 Å². The number of piperidine rings is 1. The first-order chi connectivity index (χ1) is 16.2. The highest BCUT2D eigenvalue weighted by Crippen LogP contribution is 2.18. The summed E-state index contributed by atoms with van der Waals surface area (Å²) in [6, 6.07) is 19.1. The zero-order valence-corrected chi connectivity index (χ0v) is 19.9. The van der Waals surface area contributed by atoms with Crippen molar-refractivity contribution in [2.24, 2.45) is 5.92 Å². The van der Waals surface area contributed by atoms with Crippen LogP contribution < -0.4 is 10.1 Å². The van der Waals surface area contributed by atoms with Crippen molar-refractivity contribution in [2.75, 3.05) is 59.5 Å². The van der Waals surface area contributed by atoms with Crippen molar-refractivity contribution in [1.29, 1.82) is 0 Å². The average Bonchev–Trinajstić information content (AvgIpc) is 2.87. The number of ether oxygens (including phenoxy) is 1. The van der Waals surface area contributed by atoms with Crippen LogP contribution in [0.3, 0.4) is 0 Å². The Morgan fingerprint density at radius 3 is 2.42 bits per heavy atom. The summed E-state index contributed by atoms with van der Waals surface area (Å²) in [5.41, 5.74) is 2.69. The largest absolute Gasteiger partial charge is 0.497 e. The first-order valence-corrected chi connectivity index (χ1v) is 12.3. The number of hydrogen-bond donors (Lipinski definition) is 1. The second-order valence-corrected chi connectivity index (χ2v) is 9.34. The zero-order valence-electron chi connectivity index (χ0n) is 19.9. The lowest BCUT2D eigenvalue weighted by Gasteiger charge is -2.36. The lowest BCUT2D eigenvalue weighted by Crippen LogP contribution is -2.53. The molecule has 6 heteroatoms. The number of rotatable bonds is 8. The van der Waals surface area contributed by atoms with Gasteiger partial charge in [0.1, 0.15) is 5.75 Å². The van der Waals surface area contributed by atoms with E-state index in [4.69, 9.17) is 4.74 Å². The van der Waals surface area contributed by atoms with Crippen molar-refractivity contribution < 1.29 is 9.53 Å². The minimum atomic E-state index is 0.102. The van der Waals surface area contributed by atoms with Crippen LogP contribution in [0.2, 0.25) is 0 Å². The van der Waals surface area contributed by atoms with Gasteiger partial charge in [0, 0.05) is 52.4 Å². The number of hydrogen-bond acceptors (Lipinski definition) is 4. The maximum Gasteiger partial charge on any atom is 0.317 e. The fraction of sp³-hybridized carbons (Fsp3) is 0.519. The van der Waals surface area contributed by atoms with Gasteiger partial charge in [-0.25, -0.2) is 4.79 Å². The Balaban J connectivity index is 1.13. The molecule has 33 heavy (non-hydrogen) atoms. The molecular formula is C27H38N4O2. The van der Waals surface area contributed by atoms with E-state index >= 15 is 0 Å². The normalized spacial score (nSPS) is 19.9. The van der Waals surface area contributed by atoms with E-state index in [2.05, 4.69) is 57.6 Å². The third-order valence-corrected chi connectivity index (χ3v) is 6.93. The minimum absolute atomic E-state index is 0.102. The van der Waals surface area contributed by atoms with Gasteiger partial charge in [-0.1, -0.05) is 42.5 Å². The van der Waals surface area contributed by atoms with E-state index in [1.54, 1.807) is 7.11 Å². The number of nitrogens with zero attached hydrogens (tertiary/aromatic N) is 3. The highest BCUT2D eigenvalue weighted by Gasteiger charge is 2.24. The summed E-state index contributed by atoms with van der Waals surface area (Å²) in [5.74, 6) is 1.44. The molecule has 0 bridgehead atoms. The van der Waals surface area contributed by atoms with Gasteiger partial charge in [0.15, 0.2) is 0 Å². The van der Waals surface area contributed by atoms with E-state index in [0.717, 1.165) is 71.1 Å². The smallest absolute Gasteiger partial charge is 0.317 e. The number of carbonyl (C=O) groups excluding carboxylic acids is 1. The summed E-state index contributed by atoms with van der Waals surface area (Å²) >= 11 is 0. The van der Waals surface area contributed by atoms with Crippen molar-refractivity contribution >= 4 is 6.03 Å². The average molecular weight is 451 g/mol. The molecule has 2 heterocycles. The van der Waals surface area contributed by atoms with Gasteiger partial charge in [0.2, 0.25) is 0 Å². The van der Waals surface area contributed by atoms with Crippen molar-refractivity contribution in [3.8, 4) is 5.75 Å². The maximum absolute atomic E-state index is 12.7. The van der Waals surface area contributed by atoms with Crippen LogP contribution in [0.4, 0.5) is 4.79 Å². The van der Waals surface area contributed by atoms with E-state index in [1.807, 2.05) is 17.0 Å². The fourth-order valence-corrected chi connectivity index (χ4v) is 4.90. The Morgan fingerprint density at radius 2 is 1.70 bits per heavy atom. The predicted molar refractivity (Wildman–Crippen MR) is 133 cm³/mol. The molecule has 2 fully saturated rings. The van der Waals surface area contributed by atoms with Gasteiger partial charge in [0.05, 0.1) is 7.11 Å². The number of piperazine rings is 1. The number of likely N-dealkylation sites (tertiary alicyclic amines) is 1. The lowest BCUT2D eigenvalue weighted by molar-refractivity contribution is 0.134. The number of methoxy groups -OCH3 is 1. The quantitative estimate of drug-likeness (QED) is 0.669. The summed E-state index contributed by atoms with van der Waals surface area (Å²) in [6.07, 6.45) is 3.43. The van der Waals surface area contributed by atoms with Gasteiger partial charge in [-0.3, -0.25) is 9.80 Å². The molecule has 0 aliphatic carbocycles. The summed E-state index contributed by atoms with van der Waals surface area (Å²) in [4.78, 5) is 19.7. The molecular weight excluding hydrogens is 412 g/mol. The molecule has 0 radical (unpaired) electrons. The summed E-state index contributed by atoms with van der Waals surface area (Å²) in [7, 11) is 1.69. The number of urea groups is 1. The molecule has 0 saturated carbocycles. The monoisotopic (exact) mass is 450 g/mol. The third-order valence-electron chi connectivity index (χ3n) is 6.93. The summed E-state index contributed by atoms with van der Waals surface area (Å²) in [5, 5.41) is 3.22.